The van der Waals surface area contributed by atoms with Gasteiger partial charge in [-0.25, -0.2) is 4.98 Å². The molecule has 0 fully saturated rings. The largest absolute Gasteiger partial charge is 0.484 e. The first-order chi connectivity index (χ1) is 13.5. The van der Waals surface area contributed by atoms with Gasteiger partial charge in [-0.05, 0) is 56.2 Å². The van der Waals surface area contributed by atoms with Crippen LogP contribution in [0.15, 0.2) is 48.5 Å². The second-order valence-electron chi connectivity index (χ2n) is 6.63. The molecule has 7 heteroatoms. The number of thiazole rings is 1. The van der Waals surface area contributed by atoms with Gasteiger partial charge in [0, 0.05) is 6.07 Å². The Kier molecular flexibility index (Phi) is 4.83. The highest BCUT2D eigenvalue weighted by molar-refractivity contribution is 7.20. The van der Waals surface area contributed by atoms with Gasteiger partial charge in [0.1, 0.15) is 11.6 Å². The maximum atomic E-state index is 12.3. The lowest BCUT2D eigenvalue weighted by Crippen LogP contribution is -2.21. The number of hydrogen-bond donors (Lipinski definition) is 1. The third-order valence-corrected chi connectivity index (χ3v) is 5.38. The Morgan fingerprint density at radius 2 is 1.86 bits per heavy atom. The highest BCUT2D eigenvalue weighted by atomic mass is 32.1. The Labute approximate surface area is 166 Å². The van der Waals surface area contributed by atoms with E-state index in [-0.39, 0.29) is 12.5 Å². The van der Waals surface area contributed by atoms with E-state index in [2.05, 4.69) is 36.4 Å². The first-order valence-electron chi connectivity index (χ1n) is 8.92. The standard InChI is InChI=1S/C21H20N4O2S/c1-13-9-17-18(10-14(13)2)28-21(22-17)25-19(11-15(3)24-25)23-20(26)12-27-16-7-5-4-6-8-16/h4-11H,12H2,1-3H3,(H,23,26). The van der Waals surface area contributed by atoms with Gasteiger partial charge in [-0.2, -0.15) is 9.78 Å². The van der Waals surface area contributed by atoms with Gasteiger partial charge < -0.3 is 10.1 Å². The van der Waals surface area contributed by atoms with E-state index >= 15 is 0 Å². The van der Waals surface area contributed by atoms with Crippen LogP contribution in [0.2, 0.25) is 0 Å². The van der Waals surface area contributed by atoms with E-state index in [0.29, 0.717) is 16.7 Å². The normalized spacial score (nSPS) is 11.0. The zero-order valence-corrected chi connectivity index (χ0v) is 16.7. The van der Waals surface area contributed by atoms with Gasteiger partial charge in [0.2, 0.25) is 5.13 Å². The molecule has 0 bridgehead atoms. The minimum Gasteiger partial charge on any atom is -0.484 e. The monoisotopic (exact) mass is 392 g/mol. The van der Waals surface area contributed by atoms with E-state index in [1.807, 2.05) is 43.3 Å². The van der Waals surface area contributed by atoms with Crippen LogP contribution in [0.1, 0.15) is 16.8 Å². The van der Waals surface area contributed by atoms with Gasteiger partial charge in [0.05, 0.1) is 15.9 Å². The second kappa shape index (κ2) is 7.44. The number of aryl methyl sites for hydroxylation is 3. The third-order valence-electron chi connectivity index (χ3n) is 4.39. The van der Waals surface area contributed by atoms with Gasteiger partial charge in [0.25, 0.3) is 5.91 Å². The molecule has 1 amide bonds. The van der Waals surface area contributed by atoms with Crippen LogP contribution in [0.3, 0.4) is 0 Å². The summed E-state index contributed by atoms with van der Waals surface area (Å²) in [7, 11) is 0. The molecule has 142 valence electrons. The van der Waals surface area contributed by atoms with Crippen molar-refractivity contribution < 1.29 is 9.53 Å². The molecule has 0 radical (unpaired) electrons. The Balaban J connectivity index is 1.56. The Morgan fingerprint density at radius 1 is 1.11 bits per heavy atom. The molecular weight excluding hydrogens is 372 g/mol. The van der Waals surface area contributed by atoms with Gasteiger partial charge in [-0.1, -0.05) is 29.5 Å². The fraction of sp³-hybridized carbons (Fsp3) is 0.190. The number of nitrogens with one attached hydrogen (secondary N) is 1. The van der Waals surface area contributed by atoms with Crippen molar-refractivity contribution in [1.29, 1.82) is 0 Å². The Bertz CT molecular complexity index is 1110. The Morgan fingerprint density at radius 3 is 2.64 bits per heavy atom. The molecule has 0 saturated heterocycles. The number of para-hydroxylation sites is 1. The molecule has 0 unspecified atom stereocenters. The highest BCUT2D eigenvalue weighted by Gasteiger charge is 2.15. The molecule has 0 spiro atoms. The molecule has 4 rings (SSSR count). The molecule has 0 aliphatic rings. The summed E-state index contributed by atoms with van der Waals surface area (Å²) in [6.07, 6.45) is 0. The van der Waals surface area contributed by atoms with Crippen LogP contribution >= 0.6 is 11.3 Å². The lowest BCUT2D eigenvalue weighted by atomic mass is 10.1. The number of carbonyl (C=O) groups excluding carboxylic acids is 1. The highest BCUT2D eigenvalue weighted by Crippen LogP contribution is 2.29. The average molecular weight is 392 g/mol. The summed E-state index contributed by atoms with van der Waals surface area (Å²) in [5, 5.41) is 8.09. The molecule has 1 N–H and O–H groups in total. The maximum Gasteiger partial charge on any atom is 0.263 e. The molecule has 28 heavy (non-hydrogen) atoms. The van der Waals surface area contributed by atoms with E-state index in [1.165, 1.54) is 11.1 Å². The predicted molar refractivity (Wildman–Crippen MR) is 112 cm³/mol. The van der Waals surface area contributed by atoms with Crippen LogP contribution in [0.4, 0.5) is 5.82 Å². The quantitative estimate of drug-likeness (QED) is 0.546. The minimum atomic E-state index is -0.252. The van der Waals surface area contributed by atoms with Crippen molar-refractivity contribution in [1.82, 2.24) is 14.8 Å². The van der Waals surface area contributed by atoms with E-state index < -0.39 is 0 Å². The Hall–Kier alpha value is -3.19. The number of hydrogen-bond acceptors (Lipinski definition) is 5. The fourth-order valence-electron chi connectivity index (χ4n) is 2.84. The summed E-state index contributed by atoms with van der Waals surface area (Å²) in [6.45, 7) is 5.97. The van der Waals surface area contributed by atoms with Crippen LogP contribution in [0.5, 0.6) is 5.75 Å². The van der Waals surface area contributed by atoms with Crippen molar-refractivity contribution in [2.75, 3.05) is 11.9 Å². The number of rotatable bonds is 5. The third kappa shape index (κ3) is 3.75. The minimum absolute atomic E-state index is 0.0769. The van der Waals surface area contributed by atoms with Crippen LogP contribution in [-0.4, -0.2) is 27.3 Å². The zero-order valence-electron chi connectivity index (χ0n) is 15.9. The smallest absolute Gasteiger partial charge is 0.263 e. The number of aromatic nitrogens is 3. The maximum absolute atomic E-state index is 12.3. The summed E-state index contributed by atoms with van der Waals surface area (Å²) in [6, 6.07) is 15.3. The second-order valence-corrected chi connectivity index (χ2v) is 7.64. The van der Waals surface area contributed by atoms with Crippen LogP contribution < -0.4 is 10.1 Å². The van der Waals surface area contributed by atoms with Gasteiger partial charge in [-0.3, -0.25) is 4.79 Å². The van der Waals surface area contributed by atoms with Crippen LogP contribution in [0, 0.1) is 20.8 Å². The van der Waals surface area contributed by atoms with Crippen molar-refractivity contribution in [3.05, 3.63) is 65.4 Å². The summed E-state index contributed by atoms with van der Waals surface area (Å²) in [4.78, 5) is 17.0. The van der Waals surface area contributed by atoms with Crippen LogP contribution in [-0.2, 0) is 4.79 Å². The first-order valence-corrected chi connectivity index (χ1v) is 9.74. The SMILES string of the molecule is Cc1cc(NC(=O)COc2ccccc2)n(-c2nc3cc(C)c(C)cc3s2)n1. The number of carbonyl (C=O) groups is 1. The molecule has 2 aromatic carbocycles. The summed E-state index contributed by atoms with van der Waals surface area (Å²) in [5.41, 5.74) is 4.16. The lowest BCUT2D eigenvalue weighted by Gasteiger charge is -2.08. The summed E-state index contributed by atoms with van der Waals surface area (Å²) < 4.78 is 8.28. The molecule has 0 saturated carbocycles. The van der Waals surface area contributed by atoms with Crippen LogP contribution in [0.25, 0.3) is 15.3 Å². The van der Waals surface area contributed by atoms with Gasteiger partial charge in [-0.15, -0.1) is 0 Å². The molecule has 2 heterocycles. The van der Waals surface area contributed by atoms with Crippen molar-refractivity contribution in [3.63, 3.8) is 0 Å². The van der Waals surface area contributed by atoms with Gasteiger partial charge >= 0.3 is 0 Å². The van der Waals surface area contributed by atoms with Crippen molar-refractivity contribution in [3.8, 4) is 10.9 Å². The van der Waals surface area contributed by atoms with E-state index in [9.17, 15) is 4.79 Å². The number of fused-ring (bicyclic) bond motifs is 1. The van der Waals surface area contributed by atoms with Crippen molar-refractivity contribution in [2.45, 2.75) is 20.8 Å². The van der Waals surface area contributed by atoms with E-state index in [1.54, 1.807) is 16.0 Å². The number of anilines is 1. The molecule has 6 nitrogen and oxygen atoms in total. The van der Waals surface area contributed by atoms with E-state index in [4.69, 9.17) is 9.72 Å². The number of benzene rings is 2. The predicted octanol–water partition coefficient (Wildman–Crippen LogP) is 4.42. The molecular formula is C21H20N4O2S. The lowest BCUT2D eigenvalue weighted by molar-refractivity contribution is -0.118. The van der Waals surface area contributed by atoms with Crippen molar-refractivity contribution in [2.24, 2.45) is 0 Å². The molecule has 0 aliphatic carbocycles. The molecule has 4 aromatic rings. The number of nitrogens with zero attached hydrogens (tertiary/aromatic N) is 3. The fourth-order valence-corrected chi connectivity index (χ4v) is 3.85. The molecule has 0 atom stereocenters. The number of amides is 1. The molecule has 2 aromatic heterocycles. The number of ether oxygens (including phenoxy) is 1. The zero-order chi connectivity index (χ0) is 19.7. The van der Waals surface area contributed by atoms with E-state index in [0.717, 1.165) is 15.9 Å². The summed E-state index contributed by atoms with van der Waals surface area (Å²) in [5.74, 6) is 0.976. The molecule has 0 aliphatic heterocycles. The average Bonchev–Trinajstić information content (AvgIpc) is 3.24. The van der Waals surface area contributed by atoms with Gasteiger partial charge in [0.15, 0.2) is 6.61 Å². The summed E-state index contributed by atoms with van der Waals surface area (Å²) >= 11 is 1.54. The van der Waals surface area contributed by atoms with Crippen molar-refractivity contribution >= 4 is 33.3 Å². The topological polar surface area (TPSA) is 69.0 Å². The first kappa shape index (κ1) is 18.2.